The van der Waals surface area contributed by atoms with Gasteiger partial charge < -0.3 is 15.8 Å². The molecule has 16 heavy (non-hydrogen) atoms. The summed E-state index contributed by atoms with van der Waals surface area (Å²) < 4.78 is 5.29. The van der Waals surface area contributed by atoms with Gasteiger partial charge in [-0.1, -0.05) is 0 Å². The van der Waals surface area contributed by atoms with Gasteiger partial charge in [0.15, 0.2) is 5.96 Å². The van der Waals surface area contributed by atoms with Crippen molar-refractivity contribution >= 4 is 29.9 Å². The molecule has 6 heteroatoms. The van der Waals surface area contributed by atoms with Gasteiger partial charge >= 0.3 is 0 Å². The Hall–Kier alpha value is -0.0800. The average Bonchev–Trinajstić information content (AvgIpc) is 2.29. The number of guanidine groups is 1. The number of nitrogens with two attached hydrogens (primary N) is 1. The van der Waals surface area contributed by atoms with Gasteiger partial charge in [0.05, 0.1) is 13.2 Å². The molecular formula is C10H23IN4O. The lowest BCUT2D eigenvalue weighted by molar-refractivity contribution is 0.0372. The fraction of sp³-hybridized carbons (Fsp3) is 0.900. The van der Waals surface area contributed by atoms with E-state index in [1.807, 2.05) is 0 Å². The smallest absolute Gasteiger partial charge is 0.188 e. The summed E-state index contributed by atoms with van der Waals surface area (Å²) in [6.45, 7) is 5.99. The molecule has 0 saturated carbocycles. The highest BCUT2D eigenvalue weighted by Gasteiger charge is 2.08. The molecule has 5 nitrogen and oxygen atoms in total. The van der Waals surface area contributed by atoms with Crippen LogP contribution in [0.2, 0.25) is 0 Å². The third-order valence-corrected chi connectivity index (χ3v) is 2.55. The Balaban J connectivity index is 0.00000225. The molecule has 0 aromatic heterocycles. The first-order chi connectivity index (χ1) is 7.33. The van der Waals surface area contributed by atoms with Crippen molar-refractivity contribution in [2.75, 3.05) is 46.4 Å². The van der Waals surface area contributed by atoms with Gasteiger partial charge in [-0.05, 0) is 19.4 Å². The zero-order valence-corrected chi connectivity index (χ0v) is 12.3. The van der Waals surface area contributed by atoms with Crippen molar-refractivity contribution in [1.82, 2.24) is 10.2 Å². The van der Waals surface area contributed by atoms with Crippen molar-refractivity contribution in [2.45, 2.75) is 12.8 Å². The molecule has 1 fully saturated rings. The van der Waals surface area contributed by atoms with Gasteiger partial charge in [-0.3, -0.25) is 9.89 Å². The van der Waals surface area contributed by atoms with E-state index in [-0.39, 0.29) is 24.0 Å². The lowest BCUT2D eigenvalue weighted by Crippen LogP contribution is -2.37. The van der Waals surface area contributed by atoms with Crippen LogP contribution < -0.4 is 11.1 Å². The predicted octanol–water partition coefficient (Wildman–Crippen LogP) is 0.251. The molecule has 0 aliphatic carbocycles. The summed E-state index contributed by atoms with van der Waals surface area (Å²) in [5.41, 5.74) is 5.51. The molecule has 0 radical (unpaired) electrons. The van der Waals surface area contributed by atoms with Gasteiger partial charge in [0.25, 0.3) is 0 Å². The molecule has 1 saturated heterocycles. The molecule has 3 N–H and O–H groups in total. The van der Waals surface area contributed by atoms with E-state index < -0.39 is 0 Å². The van der Waals surface area contributed by atoms with Crippen molar-refractivity contribution in [2.24, 2.45) is 10.7 Å². The lowest BCUT2D eigenvalue weighted by Gasteiger charge is -2.26. The van der Waals surface area contributed by atoms with Gasteiger partial charge in [0.2, 0.25) is 0 Å². The SMILES string of the molecule is CN=C(N)NCCCCN1CCOCC1.I. The number of hydrogen-bond donors (Lipinski definition) is 2. The molecule has 0 aromatic carbocycles. The number of nitrogens with one attached hydrogen (secondary N) is 1. The molecule has 0 amide bonds. The summed E-state index contributed by atoms with van der Waals surface area (Å²) in [7, 11) is 1.69. The Morgan fingerprint density at radius 3 is 2.69 bits per heavy atom. The largest absolute Gasteiger partial charge is 0.379 e. The van der Waals surface area contributed by atoms with Gasteiger partial charge in [0.1, 0.15) is 0 Å². The molecule has 0 aromatic rings. The Morgan fingerprint density at radius 2 is 2.06 bits per heavy atom. The second-order valence-corrected chi connectivity index (χ2v) is 3.70. The number of nitrogens with zero attached hydrogens (tertiary/aromatic N) is 2. The Morgan fingerprint density at radius 1 is 1.38 bits per heavy atom. The second kappa shape index (κ2) is 10.1. The van der Waals surface area contributed by atoms with Crippen molar-refractivity contribution in [3.05, 3.63) is 0 Å². The minimum Gasteiger partial charge on any atom is -0.379 e. The van der Waals surface area contributed by atoms with Crippen LogP contribution in [0.25, 0.3) is 0 Å². The van der Waals surface area contributed by atoms with Crippen molar-refractivity contribution in [3.8, 4) is 0 Å². The van der Waals surface area contributed by atoms with Crippen LogP contribution in [0.4, 0.5) is 0 Å². The summed E-state index contributed by atoms with van der Waals surface area (Å²) in [5.74, 6) is 0.529. The highest BCUT2D eigenvalue weighted by Crippen LogP contribution is 1.99. The van der Waals surface area contributed by atoms with Crippen LogP contribution in [0, 0.1) is 0 Å². The van der Waals surface area contributed by atoms with E-state index in [0.717, 1.165) is 45.8 Å². The topological polar surface area (TPSA) is 62.9 Å². The van der Waals surface area contributed by atoms with Crippen LogP contribution in [0.5, 0.6) is 0 Å². The third kappa shape index (κ3) is 7.24. The molecule has 0 spiro atoms. The maximum atomic E-state index is 5.51. The van der Waals surface area contributed by atoms with E-state index in [1.54, 1.807) is 7.05 Å². The fourth-order valence-corrected chi connectivity index (χ4v) is 1.58. The van der Waals surface area contributed by atoms with Crippen molar-refractivity contribution < 1.29 is 4.74 Å². The monoisotopic (exact) mass is 342 g/mol. The summed E-state index contributed by atoms with van der Waals surface area (Å²) in [6, 6.07) is 0. The van der Waals surface area contributed by atoms with Gasteiger partial charge in [0, 0.05) is 26.7 Å². The zero-order chi connectivity index (χ0) is 10.9. The number of unbranched alkanes of at least 4 members (excludes halogenated alkanes) is 1. The second-order valence-electron chi connectivity index (χ2n) is 3.70. The molecule has 0 unspecified atom stereocenters. The minimum absolute atomic E-state index is 0. The summed E-state index contributed by atoms with van der Waals surface area (Å²) in [4.78, 5) is 6.28. The lowest BCUT2D eigenvalue weighted by atomic mass is 10.3. The molecule has 1 heterocycles. The minimum atomic E-state index is 0. The quantitative estimate of drug-likeness (QED) is 0.325. The first-order valence-corrected chi connectivity index (χ1v) is 5.59. The van der Waals surface area contributed by atoms with Crippen LogP contribution in [0.3, 0.4) is 0 Å². The van der Waals surface area contributed by atoms with E-state index in [2.05, 4.69) is 15.2 Å². The number of rotatable bonds is 5. The summed E-state index contributed by atoms with van der Waals surface area (Å²) in [5, 5.41) is 3.05. The Bertz CT molecular complexity index is 195. The van der Waals surface area contributed by atoms with Crippen molar-refractivity contribution in [1.29, 1.82) is 0 Å². The highest BCUT2D eigenvalue weighted by molar-refractivity contribution is 14.0. The third-order valence-electron chi connectivity index (χ3n) is 2.55. The van der Waals surface area contributed by atoms with E-state index in [0.29, 0.717) is 5.96 Å². The first kappa shape index (κ1) is 15.9. The molecule has 0 bridgehead atoms. The summed E-state index contributed by atoms with van der Waals surface area (Å²) >= 11 is 0. The molecule has 1 aliphatic rings. The van der Waals surface area contributed by atoms with Crippen LogP contribution in [0.1, 0.15) is 12.8 Å². The number of halogens is 1. The highest BCUT2D eigenvalue weighted by atomic mass is 127. The molecule has 96 valence electrons. The van der Waals surface area contributed by atoms with Crippen LogP contribution in [-0.4, -0.2) is 57.3 Å². The fourth-order valence-electron chi connectivity index (χ4n) is 1.58. The van der Waals surface area contributed by atoms with Crippen molar-refractivity contribution in [3.63, 3.8) is 0 Å². The number of aliphatic imine (C=N–C) groups is 1. The predicted molar refractivity (Wildman–Crippen MR) is 77.5 cm³/mol. The molecule has 1 rings (SSSR count). The van der Waals surface area contributed by atoms with E-state index in [4.69, 9.17) is 10.5 Å². The number of morpholine rings is 1. The number of ether oxygens (including phenoxy) is 1. The van der Waals surface area contributed by atoms with Gasteiger partial charge in [-0.2, -0.15) is 0 Å². The van der Waals surface area contributed by atoms with E-state index >= 15 is 0 Å². The molecule has 1 aliphatic heterocycles. The Kier molecular flexibility index (Phi) is 10.0. The van der Waals surface area contributed by atoms with Gasteiger partial charge in [-0.15, -0.1) is 24.0 Å². The standard InChI is InChI=1S/C10H22N4O.HI/c1-12-10(11)13-4-2-3-5-14-6-8-15-9-7-14;/h2-9H2,1H3,(H3,11,12,13);1H. The van der Waals surface area contributed by atoms with Gasteiger partial charge in [-0.25, -0.2) is 0 Å². The average molecular weight is 342 g/mol. The maximum Gasteiger partial charge on any atom is 0.188 e. The Labute approximate surface area is 115 Å². The zero-order valence-electron chi connectivity index (χ0n) is 9.95. The van der Waals surface area contributed by atoms with E-state index in [1.165, 1.54) is 6.42 Å². The van der Waals surface area contributed by atoms with Crippen LogP contribution >= 0.6 is 24.0 Å². The summed E-state index contributed by atoms with van der Waals surface area (Å²) in [6.07, 6.45) is 2.33. The maximum absolute atomic E-state index is 5.51. The van der Waals surface area contributed by atoms with E-state index in [9.17, 15) is 0 Å². The van der Waals surface area contributed by atoms with Crippen LogP contribution in [-0.2, 0) is 4.74 Å². The molecule has 0 atom stereocenters. The molecular weight excluding hydrogens is 319 g/mol. The van der Waals surface area contributed by atoms with Crippen LogP contribution in [0.15, 0.2) is 4.99 Å². The normalized spacial score (nSPS) is 17.9. The first-order valence-electron chi connectivity index (χ1n) is 5.59. The number of hydrogen-bond acceptors (Lipinski definition) is 3.